The Morgan fingerprint density at radius 2 is 2.09 bits per heavy atom. The first-order valence-electron chi connectivity index (χ1n) is 8.78. The van der Waals surface area contributed by atoms with Crippen molar-refractivity contribution >= 4 is 5.91 Å². The number of amides is 1. The first-order chi connectivity index (χ1) is 11.3. The van der Waals surface area contributed by atoms with Gasteiger partial charge in [-0.2, -0.15) is 0 Å². The first-order valence-corrected chi connectivity index (χ1v) is 8.78. The van der Waals surface area contributed by atoms with Crippen LogP contribution in [0.3, 0.4) is 0 Å². The fraction of sp³-hybridized carbons (Fsp3) is 0.812. The molecule has 0 radical (unpaired) electrons. The van der Waals surface area contributed by atoms with Gasteiger partial charge in [-0.1, -0.05) is 0 Å². The van der Waals surface area contributed by atoms with Gasteiger partial charge in [0.25, 0.3) is 0 Å². The second-order valence-electron chi connectivity index (χ2n) is 6.88. The van der Waals surface area contributed by atoms with Crippen molar-refractivity contribution in [2.75, 3.05) is 39.4 Å². The van der Waals surface area contributed by atoms with Crippen LogP contribution in [0.5, 0.6) is 0 Å². The molecule has 3 aliphatic heterocycles. The zero-order valence-corrected chi connectivity index (χ0v) is 13.6. The van der Waals surface area contributed by atoms with Gasteiger partial charge < -0.3 is 19.1 Å². The third-order valence-corrected chi connectivity index (χ3v) is 5.24. The number of hydrogen-bond donors (Lipinski definition) is 0. The molecular weight excluding hydrogens is 294 g/mol. The summed E-state index contributed by atoms with van der Waals surface area (Å²) in [7, 11) is 0. The van der Waals surface area contributed by atoms with E-state index in [4.69, 9.17) is 4.74 Å². The van der Waals surface area contributed by atoms with Crippen molar-refractivity contribution in [3.8, 4) is 0 Å². The van der Waals surface area contributed by atoms with Crippen molar-refractivity contribution in [3.05, 3.63) is 11.6 Å². The zero-order chi connectivity index (χ0) is 15.6. The molecule has 0 bridgehead atoms. The lowest BCUT2D eigenvalue weighted by molar-refractivity contribution is -0.128. The van der Waals surface area contributed by atoms with E-state index < -0.39 is 0 Å². The van der Waals surface area contributed by atoms with Crippen molar-refractivity contribution < 1.29 is 9.53 Å². The summed E-state index contributed by atoms with van der Waals surface area (Å²) in [6.07, 6.45) is 3.77. The van der Waals surface area contributed by atoms with Crippen LogP contribution in [0.15, 0.2) is 0 Å². The zero-order valence-electron chi connectivity index (χ0n) is 13.6. The number of ether oxygens (including phenoxy) is 1. The third-order valence-electron chi connectivity index (χ3n) is 5.24. The summed E-state index contributed by atoms with van der Waals surface area (Å²) >= 11 is 0. The van der Waals surface area contributed by atoms with Gasteiger partial charge in [0, 0.05) is 52.2 Å². The Hall–Kier alpha value is -1.47. The van der Waals surface area contributed by atoms with Crippen LogP contribution in [0.4, 0.5) is 0 Å². The molecule has 1 amide bonds. The minimum absolute atomic E-state index is 0.249. The van der Waals surface area contributed by atoms with Crippen molar-refractivity contribution in [2.45, 2.75) is 38.8 Å². The van der Waals surface area contributed by atoms with Gasteiger partial charge in [0.2, 0.25) is 5.91 Å². The van der Waals surface area contributed by atoms with Crippen molar-refractivity contribution in [2.24, 2.45) is 5.92 Å². The number of carbonyl (C=O) groups excluding carboxylic acids is 1. The summed E-state index contributed by atoms with van der Waals surface area (Å²) in [5.74, 6) is 2.94. The molecule has 7 nitrogen and oxygen atoms in total. The second-order valence-corrected chi connectivity index (χ2v) is 6.88. The average Bonchev–Trinajstić information content (AvgIpc) is 3.24. The molecule has 7 heteroatoms. The number of nitrogens with zero attached hydrogens (tertiary/aromatic N) is 5. The smallest absolute Gasteiger partial charge is 0.223 e. The molecule has 0 saturated carbocycles. The number of carbonyl (C=O) groups is 1. The van der Waals surface area contributed by atoms with Gasteiger partial charge in [0.1, 0.15) is 5.82 Å². The normalized spacial score (nSPS) is 25.8. The Labute approximate surface area is 136 Å². The molecule has 1 unspecified atom stereocenters. The van der Waals surface area contributed by atoms with Crippen LogP contribution in [-0.4, -0.2) is 69.9 Å². The van der Waals surface area contributed by atoms with Gasteiger partial charge in [0.15, 0.2) is 5.82 Å². The van der Waals surface area contributed by atoms with Crippen LogP contribution >= 0.6 is 0 Å². The molecule has 126 valence electrons. The van der Waals surface area contributed by atoms with E-state index in [0.29, 0.717) is 18.9 Å². The summed E-state index contributed by atoms with van der Waals surface area (Å²) in [4.78, 5) is 16.3. The molecule has 1 aromatic heterocycles. The molecule has 3 aliphatic rings. The number of rotatable bonds is 4. The molecule has 0 spiro atoms. The SMILES string of the molecule is O=C1CCCN1Cc1nnc2n1CCN(CC1CCOC1)CC2. The molecule has 0 aromatic carbocycles. The second kappa shape index (κ2) is 6.57. The van der Waals surface area contributed by atoms with E-state index in [1.807, 2.05) is 4.90 Å². The molecule has 0 aliphatic carbocycles. The highest BCUT2D eigenvalue weighted by atomic mass is 16.5. The number of aromatic nitrogens is 3. The van der Waals surface area contributed by atoms with Crippen LogP contribution in [0.2, 0.25) is 0 Å². The van der Waals surface area contributed by atoms with Crippen LogP contribution in [0.25, 0.3) is 0 Å². The quantitative estimate of drug-likeness (QED) is 0.798. The molecular formula is C16H25N5O2. The van der Waals surface area contributed by atoms with Crippen molar-refractivity contribution in [3.63, 3.8) is 0 Å². The van der Waals surface area contributed by atoms with Crippen LogP contribution in [0.1, 0.15) is 30.9 Å². The molecule has 4 heterocycles. The molecule has 0 N–H and O–H groups in total. The maximum atomic E-state index is 11.8. The highest BCUT2D eigenvalue weighted by Crippen LogP contribution is 2.18. The minimum Gasteiger partial charge on any atom is -0.381 e. The molecule has 2 fully saturated rings. The predicted molar refractivity (Wildman–Crippen MR) is 83.7 cm³/mol. The van der Waals surface area contributed by atoms with Gasteiger partial charge in [-0.3, -0.25) is 4.79 Å². The van der Waals surface area contributed by atoms with Crippen molar-refractivity contribution in [1.29, 1.82) is 0 Å². The molecule has 23 heavy (non-hydrogen) atoms. The van der Waals surface area contributed by atoms with Crippen LogP contribution in [0, 0.1) is 5.92 Å². The highest BCUT2D eigenvalue weighted by Gasteiger charge is 2.26. The maximum absolute atomic E-state index is 11.8. The third kappa shape index (κ3) is 3.26. The summed E-state index contributed by atoms with van der Waals surface area (Å²) in [6, 6.07) is 0. The van der Waals surface area contributed by atoms with Gasteiger partial charge >= 0.3 is 0 Å². The van der Waals surface area contributed by atoms with Gasteiger partial charge in [-0.25, -0.2) is 0 Å². The minimum atomic E-state index is 0.249. The summed E-state index contributed by atoms with van der Waals surface area (Å²) < 4.78 is 7.72. The Morgan fingerprint density at radius 1 is 1.13 bits per heavy atom. The lowest BCUT2D eigenvalue weighted by atomic mass is 10.1. The Bertz CT molecular complexity index is 567. The fourth-order valence-corrected chi connectivity index (χ4v) is 3.86. The lowest BCUT2D eigenvalue weighted by Gasteiger charge is -2.22. The van der Waals surface area contributed by atoms with Gasteiger partial charge in [-0.05, 0) is 18.8 Å². The van der Waals surface area contributed by atoms with Crippen LogP contribution < -0.4 is 0 Å². The summed E-state index contributed by atoms with van der Waals surface area (Å²) in [6.45, 7) is 7.41. The average molecular weight is 319 g/mol. The van der Waals surface area contributed by atoms with E-state index in [0.717, 1.165) is 70.4 Å². The number of likely N-dealkylation sites (tertiary alicyclic amines) is 1. The molecule has 2 saturated heterocycles. The van der Waals surface area contributed by atoms with E-state index in [9.17, 15) is 4.79 Å². The number of hydrogen-bond acceptors (Lipinski definition) is 5. The summed E-state index contributed by atoms with van der Waals surface area (Å²) in [5, 5.41) is 8.72. The van der Waals surface area contributed by atoms with E-state index >= 15 is 0 Å². The monoisotopic (exact) mass is 319 g/mol. The molecule has 1 atom stereocenters. The largest absolute Gasteiger partial charge is 0.381 e. The molecule has 1 aromatic rings. The van der Waals surface area contributed by atoms with E-state index in [-0.39, 0.29) is 5.91 Å². The first kappa shape index (κ1) is 15.1. The van der Waals surface area contributed by atoms with E-state index in [1.165, 1.54) is 6.42 Å². The Morgan fingerprint density at radius 3 is 2.87 bits per heavy atom. The fourth-order valence-electron chi connectivity index (χ4n) is 3.86. The van der Waals surface area contributed by atoms with E-state index in [2.05, 4.69) is 19.7 Å². The van der Waals surface area contributed by atoms with Crippen LogP contribution in [-0.2, 0) is 29.0 Å². The Balaban J connectivity index is 1.39. The maximum Gasteiger partial charge on any atom is 0.223 e. The van der Waals surface area contributed by atoms with E-state index in [1.54, 1.807) is 0 Å². The molecule has 4 rings (SSSR count). The Kier molecular flexibility index (Phi) is 4.31. The standard InChI is InChI=1S/C16H25N5O2/c22-16-2-1-5-20(16)11-15-18-17-14-3-6-19(7-8-21(14)15)10-13-4-9-23-12-13/h13H,1-12H2. The topological polar surface area (TPSA) is 63.5 Å². The predicted octanol–water partition coefficient (Wildman–Crippen LogP) is 0.295. The summed E-state index contributed by atoms with van der Waals surface area (Å²) in [5.41, 5.74) is 0. The van der Waals surface area contributed by atoms with Gasteiger partial charge in [-0.15, -0.1) is 10.2 Å². The lowest BCUT2D eigenvalue weighted by Crippen LogP contribution is -2.33. The van der Waals surface area contributed by atoms with Gasteiger partial charge in [0.05, 0.1) is 13.2 Å². The highest BCUT2D eigenvalue weighted by molar-refractivity contribution is 5.77. The van der Waals surface area contributed by atoms with Crippen molar-refractivity contribution in [1.82, 2.24) is 24.6 Å². The number of fused-ring (bicyclic) bond motifs is 1.